The fourth-order valence-electron chi connectivity index (χ4n) is 3.90. The number of hydrogen-bond donors (Lipinski definition) is 0. The monoisotopic (exact) mass is 419 g/mol. The topological polar surface area (TPSA) is 53.1 Å². The summed E-state index contributed by atoms with van der Waals surface area (Å²) >= 11 is 0. The van der Waals surface area contributed by atoms with E-state index in [9.17, 15) is 9.59 Å². The average molecular weight is 420 g/mol. The Labute approximate surface area is 183 Å². The van der Waals surface area contributed by atoms with Crippen molar-refractivity contribution in [2.45, 2.75) is 13.8 Å². The summed E-state index contributed by atoms with van der Waals surface area (Å²) in [6.07, 6.45) is 0. The molecule has 0 atom stereocenters. The molecule has 0 saturated carbocycles. The molecule has 0 spiro atoms. The molecule has 0 unspecified atom stereocenters. The lowest BCUT2D eigenvalue weighted by atomic mass is 10.0. The first kappa shape index (κ1) is 21.1. The van der Waals surface area contributed by atoms with Gasteiger partial charge in [-0.15, -0.1) is 0 Å². The number of likely N-dealkylation sites (N-methyl/N-ethyl adjacent to an activating group) is 1. The van der Waals surface area contributed by atoms with Crippen LogP contribution in [0.4, 0.5) is 5.69 Å². The van der Waals surface area contributed by atoms with Crippen molar-refractivity contribution in [1.29, 1.82) is 0 Å². The summed E-state index contributed by atoms with van der Waals surface area (Å²) in [6.45, 7) is 7.95. The number of rotatable bonds is 6. The van der Waals surface area contributed by atoms with Gasteiger partial charge in [-0.25, -0.2) is 4.90 Å². The van der Waals surface area contributed by atoms with Crippen LogP contribution in [0.1, 0.15) is 19.4 Å². The Hall–Kier alpha value is -3.12. The molecular weight excluding hydrogens is 390 g/mol. The lowest BCUT2D eigenvalue weighted by molar-refractivity contribution is -0.120. The van der Waals surface area contributed by atoms with Gasteiger partial charge in [0.05, 0.1) is 17.9 Å². The Morgan fingerprint density at radius 2 is 1.52 bits per heavy atom. The third-order valence-electron chi connectivity index (χ3n) is 5.62. The second-order valence-corrected chi connectivity index (χ2v) is 8.52. The summed E-state index contributed by atoms with van der Waals surface area (Å²) in [6, 6.07) is 16.7. The lowest BCUT2D eigenvalue weighted by Gasteiger charge is -2.34. The fourth-order valence-corrected chi connectivity index (χ4v) is 3.90. The van der Waals surface area contributed by atoms with Gasteiger partial charge in [-0.2, -0.15) is 0 Å². The van der Waals surface area contributed by atoms with Crippen molar-refractivity contribution in [3.8, 4) is 5.75 Å². The van der Waals surface area contributed by atoms with Crippen LogP contribution >= 0.6 is 0 Å². The van der Waals surface area contributed by atoms with Crippen LogP contribution < -0.4 is 9.64 Å². The minimum Gasteiger partial charge on any atom is -0.493 e. The molecule has 1 fully saturated rings. The van der Waals surface area contributed by atoms with Crippen molar-refractivity contribution in [2.24, 2.45) is 5.92 Å². The van der Waals surface area contributed by atoms with E-state index in [4.69, 9.17) is 4.74 Å². The molecule has 2 aliphatic rings. The number of imide groups is 1. The number of anilines is 1. The number of benzene rings is 2. The molecule has 2 aliphatic heterocycles. The van der Waals surface area contributed by atoms with Crippen LogP contribution in [-0.2, 0) is 9.59 Å². The van der Waals surface area contributed by atoms with Crippen LogP contribution in [-0.4, -0.2) is 61.4 Å². The molecule has 6 heteroatoms. The predicted octanol–water partition coefficient (Wildman–Crippen LogP) is 3.25. The van der Waals surface area contributed by atoms with Crippen LogP contribution in [0.5, 0.6) is 5.75 Å². The maximum absolute atomic E-state index is 13.5. The molecule has 2 aromatic rings. The van der Waals surface area contributed by atoms with Gasteiger partial charge in [0.1, 0.15) is 11.4 Å². The maximum Gasteiger partial charge on any atom is 0.282 e. The molecule has 2 aromatic carbocycles. The van der Waals surface area contributed by atoms with Crippen LogP contribution in [0.2, 0.25) is 0 Å². The summed E-state index contributed by atoms with van der Waals surface area (Å²) in [5, 5.41) is 0. The molecule has 162 valence electrons. The molecule has 2 heterocycles. The Morgan fingerprint density at radius 3 is 2.13 bits per heavy atom. The molecule has 4 rings (SSSR count). The number of nitrogens with zero attached hydrogens (tertiary/aromatic N) is 3. The van der Waals surface area contributed by atoms with Crippen molar-refractivity contribution >= 4 is 23.1 Å². The number of hydrogen-bond acceptors (Lipinski definition) is 5. The van der Waals surface area contributed by atoms with Gasteiger partial charge >= 0.3 is 0 Å². The minimum absolute atomic E-state index is 0.260. The van der Waals surface area contributed by atoms with Crippen LogP contribution in [0, 0.1) is 5.92 Å². The third kappa shape index (κ3) is 4.35. The predicted molar refractivity (Wildman–Crippen MR) is 122 cm³/mol. The van der Waals surface area contributed by atoms with E-state index >= 15 is 0 Å². The molecule has 0 aromatic heterocycles. The number of carbonyl (C=O) groups is 2. The first-order valence-electron chi connectivity index (χ1n) is 10.8. The van der Waals surface area contributed by atoms with Gasteiger partial charge in [0, 0.05) is 26.2 Å². The Morgan fingerprint density at radius 1 is 0.871 bits per heavy atom. The molecule has 0 aliphatic carbocycles. The van der Waals surface area contributed by atoms with Crippen molar-refractivity contribution in [1.82, 2.24) is 9.80 Å². The molecule has 0 bridgehead atoms. The van der Waals surface area contributed by atoms with Crippen molar-refractivity contribution in [3.63, 3.8) is 0 Å². The smallest absolute Gasteiger partial charge is 0.282 e. The van der Waals surface area contributed by atoms with Crippen molar-refractivity contribution in [3.05, 3.63) is 65.9 Å². The summed E-state index contributed by atoms with van der Waals surface area (Å²) < 4.78 is 5.74. The SMILES string of the molecule is CC(C)COc1ccc(N2C(=O)C(c3ccccc3)=C(N3CCN(C)CC3)C2=O)cc1. The highest BCUT2D eigenvalue weighted by atomic mass is 16.5. The number of carbonyl (C=O) groups excluding carboxylic acids is 2. The van der Waals surface area contributed by atoms with E-state index in [1.54, 1.807) is 12.1 Å². The van der Waals surface area contributed by atoms with Gasteiger partial charge in [0.25, 0.3) is 11.8 Å². The summed E-state index contributed by atoms with van der Waals surface area (Å²) in [7, 11) is 2.07. The number of ether oxygens (including phenoxy) is 1. The Kier molecular flexibility index (Phi) is 6.09. The second kappa shape index (κ2) is 8.94. The van der Waals surface area contributed by atoms with Gasteiger partial charge in [-0.05, 0) is 42.8 Å². The summed E-state index contributed by atoms with van der Waals surface area (Å²) in [5.74, 6) is 0.613. The highest BCUT2D eigenvalue weighted by Gasteiger charge is 2.42. The first-order chi connectivity index (χ1) is 15.0. The zero-order valence-corrected chi connectivity index (χ0v) is 18.4. The van der Waals surface area contributed by atoms with Gasteiger partial charge in [0.15, 0.2) is 0 Å². The largest absolute Gasteiger partial charge is 0.493 e. The fraction of sp³-hybridized carbons (Fsp3) is 0.360. The quantitative estimate of drug-likeness (QED) is 0.673. The highest BCUT2D eigenvalue weighted by molar-refractivity contribution is 6.45. The van der Waals surface area contributed by atoms with Crippen LogP contribution in [0.25, 0.3) is 5.57 Å². The van der Waals surface area contributed by atoms with Crippen LogP contribution in [0.15, 0.2) is 60.3 Å². The van der Waals surface area contributed by atoms with Crippen LogP contribution in [0.3, 0.4) is 0 Å². The molecule has 2 amide bonds. The van der Waals surface area contributed by atoms with E-state index in [-0.39, 0.29) is 11.8 Å². The number of amides is 2. The van der Waals surface area contributed by atoms with Crippen molar-refractivity contribution < 1.29 is 14.3 Å². The average Bonchev–Trinajstić information content (AvgIpc) is 3.04. The molecule has 0 N–H and O–H groups in total. The molecule has 1 saturated heterocycles. The van der Waals surface area contributed by atoms with E-state index in [0.717, 1.165) is 37.5 Å². The zero-order valence-electron chi connectivity index (χ0n) is 18.4. The normalized spacial score (nSPS) is 17.8. The van der Waals surface area contributed by atoms with Gasteiger partial charge in [-0.3, -0.25) is 9.59 Å². The lowest BCUT2D eigenvalue weighted by Crippen LogP contribution is -2.46. The van der Waals surface area contributed by atoms with E-state index in [2.05, 4.69) is 30.7 Å². The van der Waals surface area contributed by atoms with Gasteiger partial charge < -0.3 is 14.5 Å². The van der Waals surface area contributed by atoms with E-state index in [0.29, 0.717) is 29.5 Å². The van der Waals surface area contributed by atoms with Gasteiger partial charge in [-0.1, -0.05) is 44.2 Å². The molecule has 31 heavy (non-hydrogen) atoms. The standard InChI is InChI=1S/C25H29N3O3/c1-18(2)17-31-21-11-9-20(10-12-21)28-24(29)22(19-7-5-4-6-8-19)23(25(28)30)27-15-13-26(3)14-16-27/h4-12,18H,13-17H2,1-3H3. The van der Waals surface area contributed by atoms with E-state index < -0.39 is 0 Å². The maximum atomic E-state index is 13.5. The molecule has 0 radical (unpaired) electrons. The Bertz CT molecular complexity index is 975. The van der Waals surface area contributed by atoms with Crippen molar-refractivity contribution in [2.75, 3.05) is 44.7 Å². The summed E-state index contributed by atoms with van der Waals surface area (Å²) in [4.78, 5) is 32.6. The second-order valence-electron chi connectivity index (χ2n) is 8.52. The summed E-state index contributed by atoms with van der Waals surface area (Å²) in [5.41, 5.74) is 2.32. The first-order valence-corrected chi connectivity index (χ1v) is 10.8. The molecular formula is C25H29N3O3. The minimum atomic E-state index is -0.277. The Balaban J connectivity index is 1.66. The zero-order chi connectivity index (χ0) is 22.0. The highest BCUT2D eigenvalue weighted by Crippen LogP contribution is 2.35. The number of piperazine rings is 1. The molecule has 6 nitrogen and oxygen atoms in total. The van der Waals surface area contributed by atoms with E-state index in [1.807, 2.05) is 42.5 Å². The third-order valence-corrected chi connectivity index (χ3v) is 5.62. The van der Waals surface area contributed by atoms with Gasteiger partial charge in [0.2, 0.25) is 0 Å². The van der Waals surface area contributed by atoms with E-state index in [1.165, 1.54) is 4.90 Å².